The highest BCUT2D eigenvalue weighted by Gasteiger charge is 2.41. The Kier molecular flexibility index (Phi) is 4.98. The Balaban J connectivity index is 1.65. The lowest BCUT2D eigenvalue weighted by Crippen LogP contribution is -2.37. The molecule has 0 saturated heterocycles. The van der Waals surface area contributed by atoms with Crippen LogP contribution in [-0.4, -0.2) is 33.9 Å². The van der Waals surface area contributed by atoms with Crippen molar-refractivity contribution in [1.82, 2.24) is 9.47 Å². The summed E-state index contributed by atoms with van der Waals surface area (Å²) in [5.41, 5.74) is 2.23. The quantitative estimate of drug-likeness (QED) is 0.525. The maximum absolute atomic E-state index is 13.0. The summed E-state index contributed by atoms with van der Waals surface area (Å²) in [6, 6.07) is 12.6. The summed E-state index contributed by atoms with van der Waals surface area (Å²) in [5, 5.41) is 0.165. The number of alkyl halides is 3. The van der Waals surface area contributed by atoms with Crippen LogP contribution in [0.3, 0.4) is 0 Å². The third-order valence-corrected chi connectivity index (χ3v) is 5.63. The monoisotopic (exact) mass is 464 g/mol. The number of carbonyl (C=O) groups excluding carboxylic acids is 2. The molecule has 4 rings (SSSR count). The van der Waals surface area contributed by atoms with Gasteiger partial charge in [0.05, 0.1) is 5.56 Å². The van der Waals surface area contributed by atoms with Crippen LogP contribution in [0.25, 0.3) is 10.9 Å². The highest BCUT2D eigenvalue weighted by Crippen LogP contribution is 2.31. The summed E-state index contributed by atoms with van der Waals surface area (Å²) in [5.74, 6) is -2.12. The van der Waals surface area contributed by atoms with Crippen LogP contribution in [0, 0.1) is 0 Å². The van der Waals surface area contributed by atoms with Gasteiger partial charge in [-0.1, -0.05) is 40.2 Å². The van der Waals surface area contributed by atoms with Crippen molar-refractivity contribution in [3.8, 4) is 0 Å². The van der Waals surface area contributed by atoms with Gasteiger partial charge in [0.15, 0.2) is 0 Å². The van der Waals surface area contributed by atoms with Gasteiger partial charge in [0.25, 0.3) is 5.78 Å². The second-order valence-corrected chi connectivity index (χ2v) is 7.91. The topological polar surface area (TPSA) is 42.3 Å². The van der Waals surface area contributed by atoms with Gasteiger partial charge in [-0.15, -0.1) is 0 Å². The zero-order chi connectivity index (χ0) is 20.8. The van der Waals surface area contributed by atoms with Crippen molar-refractivity contribution in [3.05, 3.63) is 69.8 Å². The number of Topliss-reactive ketones (excluding diaryl/α,β-unsaturated/α-hetero) is 1. The van der Waals surface area contributed by atoms with Crippen LogP contribution in [0.2, 0.25) is 0 Å². The minimum Gasteiger partial charge on any atom is -0.337 e. The van der Waals surface area contributed by atoms with E-state index in [9.17, 15) is 22.8 Å². The molecule has 0 aliphatic carbocycles. The number of benzene rings is 2. The summed E-state index contributed by atoms with van der Waals surface area (Å²) in [4.78, 5) is 26.4. The van der Waals surface area contributed by atoms with Crippen LogP contribution < -0.4 is 0 Å². The lowest BCUT2D eigenvalue weighted by molar-refractivity contribution is -0.132. The number of nitrogens with zero attached hydrogens (tertiary/aromatic N) is 2. The molecule has 0 unspecified atom stereocenters. The van der Waals surface area contributed by atoms with Gasteiger partial charge in [-0.3, -0.25) is 9.59 Å². The molecule has 0 radical (unpaired) electrons. The number of halogens is 4. The van der Waals surface area contributed by atoms with Crippen LogP contribution in [0.4, 0.5) is 13.2 Å². The predicted octanol–water partition coefficient (Wildman–Crippen LogP) is 4.73. The van der Waals surface area contributed by atoms with Gasteiger partial charge in [0, 0.05) is 34.7 Å². The predicted molar refractivity (Wildman–Crippen MR) is 106 cm³/mol. The molecule has 1 aliphatic rings. The Morgan fingerprint density at radius 1 is 1.07 bits per heavy atom. The van der Waals surface area contributed by atoms with Gasteiger partial charge in [0.1, 0.15) is 6.54 Å². The van der Waals surface area contributed by atoms with Crippen LogP contribution in [0.1, 0.15) is 21.5 Å². The number of aromatic nitrogens is 1. The molecule has 2 aromatic carbocycles. The molecule has 1 aliphatic heterocycles. The van der Waals surface area contributed by atoms with Gasteiger partial charge < -0.3 is 9.47 Å². The first-order valence-electron chi connectivity index (χ1n) is 8.98. The average Bonchev–Trinajstić information content (AvgIpc) is 3.03. The molecule has 1 aromatic heterocycles. The summed E-state index contributed by atoms with van der Waals surface area (Å²) >= 11 is 3.23. The Morgan fingerprint density at radius 2 is 1.79 bits per heavy atom. The number of ketones is 1. The fourth-order valence-corrected chi connectivity index (χ4v) is 4.05. The number of hydrogen-bond donors (Lipinski definition) is 0. The summed E-state index contributed by atoms with van der Waals surface area (Å²) in [6.45, 7) is 0.883. The molecule has 0 atom stereocenters. The van der Waals surface area contributed by atoms with Crippen LogP contribution in [0.5, 0.6) is 0 Å². The molecule has 29 heavy (non-hydrogen) atoms. The molecule has 0 spiro atoms. The maximum Gasteiger partial charge on any atom is 0.454 e. The lowest BCUT2D eigenvalue weighted by Gasteiger charge is -2.29. The fraction of sp³-hybridized carbons (Fsp3) is 0.238. The van der Waals surface area contributed by atoms with Gasteiger partial charge in [-0.2, -0.15) is 13.2 Å². The normalized spacial score (nSPS) is 14.1. The number of rotatable bonds is 3. The smallest absolute Gasteiger partial charge is 0.337 e. The average molecular weight is 465 g/mol. The second-order valence-electron chi connectivity index (χ2n) is 6.99. The molecule has 1 amide bonds. The van der Waals surface area contributed by atoms with E-state index in [2.05, 4.69) is 15.9 Å². The van der Waals surface area contributed by atoms with E-state index in [1.807, 2.05) is 24.3 Å². The molecule has 150 valence electrons. The van der Waals surface area contributed by atoms with E-state index in [0.717, 1.165) is 18.2 Å². The Labute approximate surface area is 173 Å². The molecular formula is C21H16BrF3N2O2. The van der Waals surface area contributed by atoms with Crippen molar-refractivity contribution >= 4 is 38.5 Å². The van der Waals surface area contributed by atoms with E-state index in [4.69, 9.17) is 0 Å². The molecule has 3 aromatic rings. The number of amides is 1. The van der Waals surface area contributed by atoms with Gasteiger partial charge in [-0.25, -0.2) is 0 Å². The molecule has 4 nitrogen and oxygen atoms in total. The summed E-state index contributed by atoms with van der Waals surface area (Å²) in [7, 11) is 0. The van der Waals surface area contributed by atoms with Gasteiger partial charge in [0.2, 0.25) is 5.91 Å². The number of hydrogen-bond acceptors (Lipinski definition) is 2. The van der Waals surface area contributed by atoms with Crippen molar-refractivity contribution in [2.45, 2.75) is 25.7 Å². The summed E-state index contributed by atoms with van der Waals surface area (Å²) < 4.78 is 41.0. The van der Waals surface area contributed by atoms with Gasteiger partial charge in [-0.05, 0) is 35.7 Å². The lowest BCUT2D eigenvalue weighted by atomic mass is 10.00. The molecule has 0 saturated carbocycles. The highest BCUT2D eigenvalue weighted by atomic mass is 79.9. The van der Waals surface area contributed by atoms with Crippen molar-refractivity contribution < 1.29 is 22.8 Å². The van der Waals surface area contributed by atoms with Gasteiger partial charge >= 0.3 is 6.18 Å². The maximum atomic E-state index is 13.0. The van der Waals surface area contributed by atoms with Crippen molar-refractivity contribution in [3.63, 3.8) is 0 Å². The standard InChI is InChI=1S/C21H16BrF3N2O2/c22-15-5-6-18-16(9-15)17(20(29)21(23,24)25)11-27(18)12-19(28)26-8-7-13-3-1-2-4-14(13)10-26/h1-6,9,11H,7-8,10,12H2. The third kappa shape index (κ3) is 3.81. The minimum atomic E-state index is -4.98. The van der Waals surface area contributed by atoms with E-state index in [1.54, 1.807) is 17.0 Å². The van der Waals surface area contributed by atoms with Crippen LogP contribution in [0.15, 0.2) is 53.1 Å². The highest BCUT2D eigenvalue weighted by molar-refractivity contribution is 9.10. The number of fused-ring (bicyclic) bond motifs is 2. The van der Waals surface area contributed by atoms with E-state index < -0.39 is 17.5 Å². The molecule has 0 fully saturated rings. The van der Waals surface area contributed by atoms with E-state index >= 15 is 0 Å². The molecular weight excluding hydrogens is 449 g/mol. The Bertz CT molecular complexity index is 1120. The minimum absolute atomic E-state index is 0.133. The molecule has 8 heteroatoms. The van der Waals surface area contributed by atoms with E-state index in [0.29, 0.717) is 23.1 Å². The third-order valence-electron chi connectivity index (χ3n) is 5.13. The molecule has 0 bridgehead atoms. The van der Waals surface area contributed by atoms with Crippen molar-refractivity contribution in [1.29, 1.82) is 0 Å². The van der Waals surface area contributed by atoms with Crippen LogP contribution in [-0.2, 0) is 24.3 Å². The number of carbonyl (C=O) groups is 2. The Morgan fingerprint density at radius 3 is 2.52 bits per heavy atom. The summed E-state index contributed by atoms with van der Waals surface area (Å²) in [6.07, 6.45) is -3.12. The first kappa shape index (κ1) is 19.7. The largest absolute Gasteiger partial charge is 0.454 e. The Hall–Kier alpha value is -2.61. The van der Waals surface area contributed by atoms with Crippen molar-refractivity contribution in [2.24, 2.45) is 0 Å². The van der Waals surface area contributed by atoms with Crippen LogP contribution >= 0.6 is 15.9 Å². The van der Waals surface area contributed by atoms with Crippen molar-refractivity contribution in [2.75, 3.05) is 6.54 Å². The second kappa shape index (κ2) is 7.33. The molecule has 0 N–H and O–H groups in total. The van der Waals surface area contributed by atoms with E-state index in [1.165, 1.54) is 16.2 Å². The first-order valence-corrected chi connectivity index (χ1v) is 9.78. The van der Waals surface area contributed by atoms with E-state index in [-0.39, 0.29) is 17.8 Å². The SMILES string of the molecule is O=C(Cn1cc(C(=O)C(F)(F)F)c2cc(Br)ccc21)N1CCc2ccccc2C1. The fourth-order valence-electron chi connectivity index (χ4n) is 3.69. The zero-order valence-corrected chi connectivity index (χ0v) is 16.8. The first-order chi connectivity index (χ1) is 13.7. The zero-order valence-electron chi connectivity index (χ0n) is 15.2. The molecule has 2 heterocycles.